The van der Waals surface area contributed by atoms with Crippen LogP contribution in [0.5, 0.6) is 0 Å². The topological polar surface area (TPSA) is 72.2 Å². The molecule has 0 saturated carbocycles. The van der Waals surface area contributed by atoms with E-state index in [-0.39, 0.29) is 28.7 Å². The highest BCUT2D eigenvalue weighted by molar-refractivity contribution is 7.89. The molecule has 0 heterocycles. The lowest BCUT2D eigenvalue weighted by Gasteiger charge is -2.09. The van der Waals surface area contributed by atoms with Crippen molar-refractivity contribution >= 4 is 27.3 Å². The molecule has 0 unspecified atom stereocenters. The number of sulfonamides is 1. The lowest BCUT2D eigenvalue weighted by atomic mass is 10.1. The van der Waals surface area contributed by atoms with Crippen LogP contribution in [-0.4, -0.2) is 15.0 Å². The number of benzene rings is 2. The van der Waals surface area contributed by atoms with Crippen molar-refractivity contribution in [2.45, 2.75) is 11.3 Å². The van der Waals surface area contributed by atoms with Crippen LogP contribution >= 0.6 is 11.6 Å². The Balaban J connectivity index is 2.07. The van der Waals surface area contributed by atoms with Gasteiger partial charge in [0.15, 0.2) is 0 Å². The van der Waals surface area contributed by atoms with E-state index in [0.29, 0.717) is 11.3 Å². The lowest BCUT2D eigenvalue weighted by Crippen LogP contribution is -2.26. The van der Waals surface area contributed by atoms with Gasteiger partial charge in [-0.1, -0.05) is 29.8 Å². The first-order valence-electron chi connectivity index (χ1n) is 6.18. The van der Waals surface area contributed by atoms with Crippen LogP contribution in [0, 0.1) is 5.82 Å². The van der Waals surface area contributed by atoms with Gasteiger partial charge in [-0.3, -0.25) is 0 Å². The summed E-state index contributed by atoms with van der Waals surface area (Å²) in [5.41, 5.74) is 6.35. The van der Waals surface area contributed by atoms with Crippen LogP contribution in [0.2, 0.25) is 5.02 Å². The fourth-order valence-electron chi connectivity index (χ4n) is 1.83. The standard InChI is InChI=1S/C14H14ClFN2O2S/c15-12-9-11(17)5-6-14(12)21(19,20)18-8-7-10-3-1-2-4-13(10)16/h1-6,9,18H,7-8,17H2. The second-order valence-electron chi connectivity index (χ2n) is 4.43. The Bertz CT molecular complexity index is 750. The van der Waals surface area contributed by atoms with E-state index in [1.165, 1.54) is 24.3 Å². The molecule has 0 aromatic heterocycles. The second kappa shape index (κ2) is 6.43. The molecule has 0 fully saturated rings. The van der Waals surface area contributed by atoms with Gasteiger partial charge in [0.25, 0.3) is 0 Å². The number of anilines is 1. The Morgan fingerprint density at radius 2 is 1.90 bits per heavy atom. The summed E-state index contributed by atoms with van der Waals surface area (Å²) >= 11 is 5.88. The van der Waals surface area contributed by atoms with Gasteiger partial charge in [0.1, 0.15) is 10.7 Å². The molecule has 0 amide bonds. The second-order valence-corrected chi connectivity index (χ2v) is 6.57. The first-order chi connectivity index (χ1) is 9.90. The highest BCUT2D eigenvalue weighted by atomic mass is 35.5. The number of nitrogen functional groups attached to an aromatic ring is 1. The summed E-state index contributed by atoms with van der Waals surface area (Å²) in [7, 11) is -3.75. The van der Waals surface area contributed by atoms with Crippen LogP contribution in [0.15, 0.2) is 47.4 Å². The molecule has 2 aromatic carbocycles. The van der Waals surface area contributed by atoms with Gasteiger partial charge in [-0.15, -0.1) is 0 Å². The molecular weight excluding hydrogens is 315 g/mol. The van der Waals surface area contributed by atoms with Gasteiger partial charge in [0, 0.05) is 12.2 Å². The highest BCUT2D eigenvalue weighted by Gasteiger charge is 2.17. The summed E-state index contributed by atoms with van der Waals surface area (Å²) in [6.07, 6.45) is 0.249. The third-order valence-electron chi connectivity index (χ3n) is 2.89. The minimum atomic E-state index is -3.75. The Kier molecular flexibility index (Phi) is 4.82. The van der Waals surface area contributed by atoms with E-state index in [4.69, 9.17) is 17.3 Å². The predicted molar refractivity (Wildman–Crippen MR) is 81.2 cm³/mol. The highest BCUT2D eigenvalue weighted by Crippen LogP contribution is 2.23. The van der Waals surface area contributed by atoms with Gasteiger partial charge in [0.2, 0.25) is 10.0 Å². The van der Waals surface area contributed by atoms with Crippen molar-refractivity contribution in [1.29, 1.82) is 0 Å². The molecule has 0 atom stereocenters. The van der Waals surface area contributed by atoms with Crippen LogP contribution in [0.1, 0.15) is 5.56 Å². The molecule has 2 aromatic rings. The molecule has 0 aliphatic heterocycles. The van der Waals surface area contributed by atoms with Crippen LogP contribution < -0.4 is 10.5 Å². The predicted octanol–water partition coefficient (Wildman–Crippen LogP) is 2.58. The van der Waals surface area contributed by atoms with Crippen LogP contribution in [0.25, 0.3) is 0 Å². The molecule has 21 heavy (non-hydrogen) atoms. The average Bonchev–Trinajstić information content (AvgIpc) is 2.40. The van der Waals surface area contributed by atoms with Crippen LogP contribution in [-0.2, 0) is 16.4 Å². The van der Waals surface area contributed by atoms with Gasteiger partial charge in [-0.25, -0.2) is 17.5 Å². The molecular formula is C14H14ClFN2O2S. The van der Waals surface area contributed by atoms with Crippen molar-refractivity contribution in [3.63, 3.8) is 0 Å². The summed E-state index contributed by atoms with van der Waals surface area (Å²) in [6.45, 7) is 0.0734. The first kappa shape index (κ1) is 15.8. The van der Waals surface area contributed by atoms with Gasteiger partial charge < -0.3 is 5.73 Å². The van der Waals surface area contributed by atoms with Crippen molar-refractivity contribution < 1.29 is 12.8 Å². The van der Waals surface area contributed by atoms with Crippen molar-refractivity contribution in [2.24, 2.45) is 0 Å². The molecule has 2 rings (SSSR count). The summed E-state index contributed by atoms with van der Waals surface area (Å²) in [4.78, 5) is -0.0492. The number of hydrogen-bond donors (Lipinski definition) is 2. The number of nitrogens with two attached hydrogens (primary N) is 1. The first-order valence-corrected chi connectivity index (χ1v) is 8.04. The Labute approximate surface area is 127 Å². The Hall–Kier alpha value is -1.63. The van der Waals surface area contributed by atoms with E-state index in [2.05, 4.69) is 4.72 Å². The zero-order valence-electron chi connectivity index (χ0n) is 11.0. The number of halogens is 2. The van der Waals surface area contributed by atoms with E-state index in [1.807, 2.05) is 0 Å². The van der Waals surface area contributed by atoms with Crippen molar-refractivity contribution in [3.05, 3.63) is 58.9 Å². The third-order valence-corrected chi connectivity index (χ3v) is 4.83. The molecule has 3 N–H and O–H groups in total. The molecule has 0 aliphatic carbocycles. The number of hydrogen-bond acceptors (Lipinski definition) is 3. The van der Waals surface area contributed by atoms with E-state index in [0.717, 1.165) is 0 Å². The zero-order chi connectivity index (χ0) is 15.5. The van der Waals surface area contributed by atoms with Crippen LogP contribution in [0.4, 0.5) is 10.1 Å². The molecule has 0 bridgehead atoms. The monoisotopic (exact) mass is 328 g/mol. The fourth-order valence-corrected chi connectivity index (χ4v) is 3.42. The molecule has 112 valence electrons. The minimum absolute atomic E-state index is 0.0492. The summed E-state index contributed by atoms with van der Waals surface area (Å²) in [6, 6.07) is 10.4. The maximum atomic E-state index is 13.4. The quantitative estimate of drug-likeness (QED) is 0.829. The van der Waals surface area contributed by atoms with Crippen molar-refractivity contribution in [2.75, 3.05) is 12.3 Å². The van der Waals surface area contributed by atoms with Crippen LogP contribution in [0.3, 0.4) is 0 Å². The maximum Gasteiger partial charge on any atom is 0.242 e. The van der Waals surface area contributed by atoms with Crippen molar-refractivity contribution in [1.82, 2.24) is 4.72 Å². The van der Waals surface area contributed by atoms with Gasteiger partial charge >= 0.3 is 0 Å². The Morgan fingerprint density at radius 1 is 1.19 bits per heavy atom. The zero-order valence-corrected chi connectivity index (χ0v) is 12.6. The summed E-state index contributed by atoms with van der Waals surface area (Å²) < 4.78 is 40.0. The molecule has 0 spiro atoms. The summed E-state index contributed by atoms with van der Waals surface area (Å²) in [5, 5.41) is 0.0494. The van der Waals surface area contributed by atoms with Crippen molar-refractivity contribution in [3.8, 4) is 0 Å². The van der Waals surface area contributed by atoms with Gasteiger partial charge in [-0.2, -0.15) is 0 Å². The largest absolute Gasteiger partial charge is 0.399 e. The lowest BCUT2D eigenvalue weighted by molar-refractivity contribution is 0.577. The summed E-state index contributed by atoms with van der Waals surface area (Å²) in [5.74, 6) is -0.359. The third kappa shape index (κ3) is 3.93. The van der Waals surface area contributed by atoms with E-state index in [1.54, 1.807) is 18.2 Å². The van der Waals surface area contributed by atoms with Gasteiger partial charge in [0.05, 0.1) is 5.02 Å². The van der Waals surface area contributed by atoms with E-state index < -0.39 is 10.0 Å². The molecule has 7 heteroatoms. The number of nitrogens with one attached hydrogen (secondary N) is 1. The SMILES string of the molecule is Nc1ccc(S(=O)(=O)NCCc2ccccc2F)c(Cl)c1. The average molecular weight is 329 g/mol. The number of rotatable bonds is 5. The Morgan fingerprint density at radius 3 is 2.57 bits per heavy atom. The van der Waals surface area contributed by atoms with E-state index in [9.17, 15) is 12.8 Å². The molecule has 0 radical (unpaired) electrons. The molecule has 4 nitrogen and oxygen atoms in total. The molecule has 0 aliphatic rings. The molecule has 0 saturated heterocycles. The fraction of sp³-hybridized carbons (Fsp3) is 0.143. The van der Waals surface area contributed by atoms with E-state index >= 15 is 0 Å². The van der Waals surface area contributed by atoms with Gasteiger partial charge in [-0.05, 0) is 36.2 Å². The smallest absolute Gasteiger partial charge is 0.242 e. The normalized spacial score (nSPS) is 11.5. The maximum absolute atomic E-state index is 13.4. The minimum Gasteiger partial charge on any atom is -0.399 e.